The van der Waals surface area contributed by atoms with Crippen LogP contribution in [0.15, 0.2) is 12.1 Å². The molecule has 4 nitrogen and oxygen atoms in total. The first kappa shape index (κ1) is 13.4. The molecule has 0 aromatic heterocycles. The van der Waals surface area contributed by atoms with Crippen molar-refractivity contribution in [1.29, 1.82) is 0 Å². The van der Waals surface area contributed by atoms with Crippen LogP contribution in [0, 0.1) is 13.8 Å². The van der Waals surface area contributed by atoms with Crippen LogP contribution in [0.25, 0.3) is 0 Å². The highest BCUT2D eigenvalue weighted by Gasteiger charge is 2.11. The van der Waals surface area contributed by atoms with E-state index in [4.69, 9.17) is 10.5 Å². The summed E-state index contributed by atoms with van der Waals surface area (Å²) >= 11 is 0. The third-order valence-corrected chi connectivity index (χ3v) is 2.69. The van der Waals surface area contributed by atoms with Gasteiger partial charge in [-0.1, -0.05) is 6.07 Å². The summed E-state index contributed by atoms with van der Waals surface area (Å²) in [6.07, 6.45) is 0. The molecule has 0 aliphatic rings. The molecular weight excluding hydrogens is 216 g/mol. The van der Waals surface area contributed by atoms with E-state index in [1.807, 2.05) is 32.9 Å². The van der Waals surface area contributed by atoms with Gasteiger partial charge in [0.15, 0.2) is 6.61 Å². The van der Waals surface area contributed by atoms with Crippen molar-refractivity contribution in [3.05, 3.63) is 23.3 Å². The van der Waals surface area contributed by atoms with Crippen molar-refractivity contribution in [2.75, 3.05) is 25.9 Å². The zero-order chi connectivity index (χ0) is 13.0. The first-order valence-electron chi connectivity index (χ1n) is 5.69. The maximum absolute atomic E-state index is 11.6. The standard InChI is InChI=1S/C13H20N2O2/c1-5-15(4)12(16)8-17-13-10(3)6-9(2)7-11(13)14/h6-7H,5,8,14H2,1-4H3. The largest absolute Gasteiger partial charge is 0.481 e. The van der Waals surface area contributed by atoms with E-state index in [2.05, 4.69) is 0 Å². The van der Waals surface area contributed by atoms with Crippen LogP contribution in [-0.4, -0.2) is 31.0 Å². The van der Waals surface area contributed by atoms with Gasteiger partial charge in [-0.25, -0.2) is 0 Å². The van der Waals surface area contributed by atoms with E-state index in [9.17, 15) is 4.79 Å². The molecule has 1 rings (SSSR count). The Balaban J connectivity index is 2.73. The Morgan fingerprint density at radius 1 is 1.41 bits per heavy atom. The molecular formula is C13H20N2O2. The Labute approximate surface area is 102 Å². The summed E-state index contributed by atoms with van der Waals surface area (Å²) < 4.78 is 5.49. The summed E-state index contributed by atoms with van der Waals surface area (Å²) in [6.45, 7) is 6.52. The van der Waals surface area contributed by atoms with E-state index in [-0.39, 0.29) is 12.5 Å². The average molecular weight is 236 g/mol. The number of benzene rings is 1. The first-order valence-corrected chi connectivity index (χ1v) is 5.69. The highest BCUT2D eigenvalue weighted by Crippen LogP contribution is 2.27. The van der Waals surface area contributed by atoms with E-state index in [1.54, 1.807) is 11.9 Å². The number of likely N-dealkylation sites (N-methyl/N-ethyl adjacent to an activating group) is 1. The molecule has 1 amide bonds. The molecule has 0 saturated carbocycles. The molecule has 0 bridgehead atoms. The number of nitrogens with zero attached hydrogens (tertiary/aromatic N) is 1. The number of nitrogens with two attached hydrogens (primary N) is 1. The lowest BCUT2D eigenvalue weighted by Crippen LogP contribution is -2.31. The molecule has 0 heterocycles. The quantitative estimate of drug-likeness (QED) is 0.810. The van der Waals surface area contributed by atoms with Crippen molar-refractivity contribution >= 4 is 11.6 Å². The van der Waals surface area contributed by atoms with Crippen LogP contribution in [0.3, 0.4) is 0 Å². The molecule has 0 unspecified atom stereocenters. The van der Waals surface area contributed by atoms with Crippen molar-refractivity contribution in [2.24, 2.45) is 0 Å². The monoisotopic (exact) mass is 236 g/mol. The van der Waals surface area contributed by atoms with Crippen molar-refractivity contribution < 1.29 is 9.53 Å². The number of carbonyl (C=O) groups is 1. The Morgan fingerprint density at radius 2 is 2.06 bits per heavy atom. The fraction of sp³-hybridized carbons (Fsp3) is 0.462. The number of aryl methyl sites for hydroxylation is 2. The Morgan fingerprint density at radius 3 is 2.59 bits per heavy atom. The fourth-order valence-electron chi connectivity index (χ4n) is 1.60. The maximum atomic E-state index is 11.6. The molecule has 0 aliphatic heterocycles. The SMILES string of the molecule is CCN(C)C(=O)COc1c(C)cc(C)cc1N. The number of hydrogen-bond donors (Lipinski definition) is 1. The molecule has 0 radical (unpaired) electrons. The zero-order valence-electron chi connectivity index (χ0n) is 10.9. The zero-order valence-corrected chi connectivity index (χ0v) is 10.9. The van der Waals surface area contributed by atoms with Crippen LogP contribution < -0.4 is 10.5 Å². The van der Waals surface area contributed by atoms with E-state index in [0.29, 0.717) is 18.0 Å². The second kappa shape index (κ2) is 5.57. The smallest absolute Gasteiger partial charge is 0.260 e. The van der Waals surface area contributed by atoms with Crippen molar-refractivity contribution in [3.63, 3.8) is 0 Å². The molecule has 0 atom stereocenters. The van der Waals surface area contributed by atoms with Gasteiger partial charge in [-0.05, 0) is 38.0 Å². The first-order chi connectivity index (χ1) is 7.95. The lowest BCUT2D eigenvalue weighted by Gasteiger charge is -2.17. The predicted molar refractivity (Wildman–Crippen MR) is 69.1 cm³/mol. The summed E-state index contributed by atoms with van der Waals surface area (Å²) in [7, 11) is 1.75. The van der Waals surface area contributed by atoms with Gasteiger partial charge in [0.05, 0.1) is 5.69 Å². The van der Waals surface area contributed by atoms with Crippen LogP contribution in [0.4, 0.5) is 5.69 Å². The highest BCUT2D eigenvalue weighted by atomic mass is 16.5. The lowest BCUT2D eigenvalue weighted by molar-refractivity contribution is -0.131. The van der Waals surface area contributed by atoms with Crippen molar-refractivity contribution in [1.82, 2.24) is 4.90 Å². The second-order valence-corrected chi connectivity index (χ2v) is 4.20. The van der Waals surface area contributed by atoms with Crippen molar-refractivity contribution in [2.45, 2.75) is 20.8 Å². The Kier molecular flexibility index (Phi) is 4.37. The maximum Gasteiger partial charge on any atom is 0.260 e. The Bertz CT molecular complexity index is 393. The molecule has 2 N–H and O–H groups in total. The minimum Gasteiger partial charge on any atom is -0.481 e. The molecule has 0 spiro atoms. The lowest BCUT2D eigenvalue weighted by atomic mass is 10.1. The minimum atomic E-state index is -0.0492. The van der Waals surface area contributed by atoms with E-state index >= 15 is 0 Å². The average Bonchev–Trinajstić information content (AvgIpc) is 2.26. The number of ether oxygens (including phenoxy) is 1. The van der Waals surface area contributed by atoms with Gasteiger partial charge in [0.2, 0.25) is 0 Å². The van der Waals surface area contributed by atoms with Gasteiger partial charge in [0.25, 0.3) is 5.91 Å². The van der Waals surface area contributed by atoms with Gasteiger partial charge in [-0.3, -0.25) is 4.79 Å². The van der Waals surface area contributed by atoms with Crippen LogP contribution in [0.5, 0.6) is 5.75 Å². The van der Waals surface area contributed by atoms with Gasteiger partial charge in [0.1, 0.15) is 5.75 Å². The number of nitrogen functional groups attached to an aromatic ring is 1. The summed E-state index contributed by atoms with van der Waals surface area (Å²) in [6, 6.07) is 3.83. The Hall–Kier alpha value is -1.71. The van der Waals surface area contributed by atoms with E-state index < -0.39 is 0 Å². The van der Waals surface area contributed by atoms with Gasteiger partial charge < -0.3 is 15.4 Å². The minimum absolute atomic E-state index is 0.0262. The molecule has 0 saturated heterocycles. The van der Waals surface area contributed by atoms with Crippen LogP contribution in [0.1, 0.15) is 18.1 Å². The van der Waals surface area contributed by atoms with Gasteiger partial charge in [-0.15, -0.1) is 0 Å². The molecule has 0 aliphatic carbocycles. The molecule has 1 aromatic carbocycles. The molecule has 17 heavy (non-hydrogen) atoms. The predicted octanol–water partition coefficient (Wildman–Crippen LogP) is 1.74. The number of hydrogen-bond acceptors (Lipinski definition) is 3. The molecule has 1 aromatic rings. The summed E-state index contributed by atoms with van der Waals surface area (Å²) in [4.78, 5) is 13.2. The van der Waals surface area contributed by atoms with E-state index in [1.165, 1.54) is 0 Å². The topological polar surface area (TPSA) is 55.6 Å². The van der Waals surface area contributed by atoms with Gasteiger partial charge in [0, 0.05) is 13.6 Å². The normalized spacial score (nSPS) is 10.1. The number of amides is 1. The number of anilines is 1. The summed E-state index contributed by atoms with van der Waals surface area (Å²) in [5.74, 6) is 0.556. The van der Waals surface area contributed by atoms with Gasteiger partial charge >= 0.3 is 0 Å². The molecule has 94 valence electrons. The molecule has 4 heteroatoms. The number of carbonyl (C=O) groups excluding carboxylic acids is 1. The second-order valence-electron chi connectivity index (χ2n) is 4.20. The number of rotatable bonds is 4. The van der Waals surface area contributed by atoms with E-state index in [0.717, 1.165) is 11.1 Å². The highest BCUT2D eigenvalue weighted by molar-refractivity contribution is 5.77. The fourth-order valence-corrected chi connectivity index (χ4v) is 1.60. The van der Waals surface area contributed by atoms with Crippen LogP contribution >= 0.6 is 0 Å². The third kappa shape index (κ3) is 3.37. The summed E-state index contributed by atoms with van der Waals surface area (Å²) in [5.41, 5.74) is 8.49. The third-order valence-electron chi connectivity index (χ3n) is 2.69. The van der Waals surface area contributed by atoms with Crippen LogP contribution in [0.2, 0.25) is 0 Å². The molecule has 0 fully saturated rings. The van der Waals surface area contributed by atoms with Gasteiger partial charge in [-0.2, -0.15) is 0 Å². The van der Waals surface area contributed by atoms with Crippen molar-refractivity contribution in [3.8, 4) is 5.75 Å². The van der Waals surface area contributed by atoms with Crippen LogP contribution in [-0.2, 0) is 4.79 Å². The summed E-state index contributed by atoms with van der Waals surface area (Å²) in [5, 5.41) is 0.